The highest BCUT2D eigenvalue weighted by Crippen LogP contribution is 2.30. The van der Waals surface area contributed by atoms with Gasteiger partial charge in [-0.05, 0) is 74.9 Å². The van der Waals surface area contributed by atoms with Gasteiger partial charge < -0.3 is 5.32 Å². The highest BCUT2D eigenvalue weighted by Gasteiger charge is 2.31. The van der Waals surface area contributed by atoms with E-state index in [1.165, 1.54) is 56.4 Å². The summed E-state index contributed by atoms with van der Waals surface area (Å²) >= 11 is 6.06. The molecule has 1 aliphatic carbocycles. The van der Waals surface area contributed by atoms with Crippen molar-refractivity contribution in [3.63, 3.8) is 0 Å². The van der Waals surface area contributed by atoms with Gasteiger partial charge in [0, 0.05) is 24.2 Å². The largest absolute Gasteiger partial charge is 0.316 e. The topological polar surface area (TPSA) is 15.3 Å². The van der Waals surface area contributed by atoms with Crippen molar-refractivity contribution >= 4 is 11.6 Å². The standard InChI is InChI=1S/C17H25ClN2/c1-13-9-16(18)5-4-15(13)12-20(17-6-7-17)11-14-3-2-8-19-10-14/h4-5,9,14,17,19H,2-3,6-8,10-12H2,1H3. The van der Waals surface area contributed by atoms with Crippen molar-refractivity contribution in [1.29, 1.82) is 0 Å². The van der Waals surface area contributed by atoms with Crippen LogP contribution in [0.15, 0.2) is 18.2 Å². The number of rotatable bonds is 5. The van der Waals surface area contributed by atoms with Crippen molar-refractivity contribution in [2.45, 2.75) is 45.2 Å². The van der Waals surface area contributed by atoms with Gasteiger partial charge in [0.05, 0.1) is 0 Å². The zero-order chi connectivity index (χ0) is 13.9. The lowest BCUT2D eigenvalue weighted by atomic mass is 9.98. The monoisotopic (exact) mass is 292 g/mol. The van der Waals surface area contributed by atoms with Gasteiger partial charge in [-0.2, -0.15) is 0 Å². The van der Waals surface area contributed by atoms with Crippen LogP contribution < -0.4 is 5.32 Å². The number of nitrogens with one attached hydrogen (secondary N) is 1. The number of benzene rings is 1. The zero-order valence-corrected chi connectivity index (χ0v) is 13.1. The van der Waals surface area contributed by atoms with E-state index >= 15 is 0 Å². The van der Waals surface area contributed by atoms with Gasteiger partial charge >= 0.3 is 0 Å². The highest BCUT2D eigenvalue weighted by atomic mass is 35.5. The lowest BCUT2D eigenvalue weighted by Gasteiger charge is -2.30. The summed E-state index contributed by atoms with van der Waals surface area (Å²) in [5, 5.41) is 4.39. The summed E-state index contributed by atoms with van der Waals surface area (Å²) in [5.74, 6) is 0.831. The van der Waals surface area contributed by atoms with Crippen LogP contribution in [0.5, 0.6) is 0 Å². The van der Waals surface area contributed by atoms with Crippen molar-refractivity contribution < 1.29 is 0 Å². The van der Waals surface area contributed by atoms with Crippen LogP contribution in [0.2, 0.25) is 5.02 Å². The Morgan fingerprint density at radius 1 is 1.30 bits per heavy atom. The summed E-state index contributed by atoms with van der Waals surface area (Å²) in [6.45, 7) is 6.91. The molecule has 0 spiro atoms. The summed E-state index contributed by atoms with van der Waals surface area (Å²) in [4.78, 5) is 2.70. The van der Waals surface area contributed by atoms with Crippen molar-refractivity contribution in [3.05, 3.63) is 34.3 Å². The van der Waals surface area contributed by atoms with Crippen LogP contribution in [0.1, 0.15) is 36.8 Å². The summed E-state index contributed by atoms with van der Waals surface area (Å²) in [6, 6.07) is 7.14. The maximum absolute atomic E-state index is 6.06. The minimum atomic E-state index is 0.826. The lowest BCUT2D eigenvalue weighted by Crippen LogP contribution is -2.39. The van der Waals surface area contributed by atoms with Gasteiger partial charge in [-0.1, -0.05) is 17.7 Å². The molecule has 1 aromatic carbocycles. The molecular weight excluding hydrogens is 268 g/mol. The van der Waals surface area contributed by atoms with E-state index in [0.29, 0.717) is 0 Å². The van der Waals surface area contributed by atoms with E-state index in [1.807, 2.05) is 6.07 Å². The molecule has 0 aromatic heterocycles. The molecule has 2 aliphatic rings. The molecule has 0 bridgehead atoms. The zero-order valence-electron chi connectivity index (χ0n) is 12.4. The second-order valence-corrected chi connectivity index (χ2v) is 6.88. The Balaban J connectivity index is 1.64. The van der Waals surface area contributed by atoms with E-state index in [2.05, 4.69) is 29.3 Å². The minimum Gasteiger partial charge on any atom is -0.316 e. The third-order valence-electron chi connectivity index (χ3n) is 4.63. The predicted octanol–water partition coefficient (Wildman–Crippen LogP) is 3.61. The molecule has 2 fully saturated rings. The average molecular weight is 293 g/mol. The Kier molecular flexibility index (Phi) is 4.65. The smallest absolute Gasteiger partial charge is 0.0408 e. The summed E-state index contributed by atoms with van der Waals surface area (Å²) in [5.41, 5.74) is 2.76. The van der Waals surface area contributed by atoms with E-state index in [0.717, 1.165) is 23.5 Å². The van der Waals surface area contributed by atoms with Gasteiger partial charge in [0.2, 0.25) is 0 Å². The van der Waals surface area contributed by atoms with Crippen LogP contribution in [0.25, 0.3) is 0 Å². The molecule has 110 valence electrons. The number of halogens is 1. The van der Waals surface area contributed by atoms with Crippen LogP contribution in [0.3, 0.4) is 0 Å². The molecule has 1 saturated heterocycles. The van der Waals surface area contributed by atoms with Crippen molar-refractivity contribution in [1.82, 2.24) is 10.2 Å². The molecule has 2 nitrogen and oxygen atoms in total. The highest BCUT2D eigenvalue weighted by molar-refractivity contribution is 6.30. The maximum Gasteiger partial charge on any atom is 0.0408 e. The molecule has 1 unspecified atom stereocenters. The van der Waals surface area contributed by atoms with E-state index in [1.54, 1.807) is 0 Å². The lowest BCUT2D eigenvalue weighted by molar-refractivity contribution is 0.192. The van der Waals surface area contributed by atoms with Crippen molar-refractivity contribution in [2.75, 3.05) is 19.6 Å². The fourth-order valence-electron chi connectivity index (χ4n) is 3.25. The average Bonchev–Trinajstić information content (AvgIpc) is 3.26. The van der Waals surface area contributed by atoms with Crippen LogP contribution >= 0.6 is 11.6 Å². The fraction of sp³-hybridized carbons (Fsp3) is 0.647. The molecule has 1 atom stereocenters. The first-order valence-corrected chi connectivity index (χ1v) is 8.30. The molecule has 1 aliphatic heterocycles. The van der Waals surface area contributed by atoms with Crippen molar-refractivity contribution in [2.24, 2.45) is 5.92 Å². The number of hydrogen-bond acceptors (Lipinski definition) is 2. The van der Waals surface area contributed by atoms with Crippen molar-refractivity contribution in [3.8, 4) is 0 Å². The molecule has 0 radical (unpaired) electrons. The fourth-order valence-corrected chi connectivity index (χ4v) is 3.48. The molecule has 1 heterocycles. The minimum absolute atomic E-state index is 0.826. The van der Waals surface area contributed by atoms with Gasteiger partial charge in [0.25, 0.3) is 0 Å². The van der Waals surface area contributed by atoms with Gasteiger partial charge in [0.1, 0.15) is 0 Å². The summed E-state index contributed by atoms with van der Waals surface area (Å²) in [7, 11) is 0. The molecule has 1 N–H and O–H groups in total. The molecule has 3 rings (SSSR count). The Labute approximate surface area is 127 Å². The number of nitrogens with zero attached hydrogens (tertiary/aromatic N) is 1. The molecule has 0 amide bonds. The molecule has 1 aromatic rings. The quantitative estimate of drug-likeness (QED) is 0.892. The number of hydrogen-bond donors (Lipinski definition) is 1. The van der Waals surface area contributed by atoms with Crippen LogP contribution in [0, 0.1) is 12.8 Å². The van der Waals surface area contributed by atoms with E-state index in [4.69, 9.17) is 11.6 Å². The SMILES string of the molecule is Cc1cc(Cl)ccc1CN(CC1CCCNC1)C1CC1. The Morgan fingerprint density at radius 3 is 2.80 bits per heavy atom. The Morgan fingerprint density at radius 2 is 2.15 bits per heavy atom. The van der Waals surface area contributed by atoms with Crippen LogP contribution in [0.4, 0.5) is 0 Å². The molecule has 3 heteroatoms. The Bertz CT molecular complexity index is 450. The first kappa shape index (κ1) is 14.4. The van der Waals surface area contributed by atoms with Gasteiger partial charge in [0.15, 0.2) is 0 Å². The second kappa shape index (κ2) is 6.46. The van der Waals surface area contributed by atoms with Gasteiger partial charge in [-0.25, -0.2) is 0 Å². The normalized spacial score (nSPS) is 23.2. The summed E-state index contributed by atoms with van der Waals surface area (Å²) < 4.78 is 0. The predicted molar refractivity (Wildman–Crippen MR) is 85.2 cm³/mol. The van der Waals surface area contributed by atoms with Gasteiger partial charge in [-0.3, -0.25) is 4.90 Å². The number of piperidine rings is 1. The van der Waals surface area contributed by atoms with Crippen LogP contribution in [-0.2, 0) is 6.54 Å². The first-order chi connectivity index (χ1) is 9.72. The van der Waals surface area contributed by atoms with E-state index < -0.39 is 0 Å². The Hall–Kier alpha value is -0.570. The first-order valence-electron chi connectivity index (χ1n) is 7.92. The third-order valence-corrected chi connectivity index (χ3v) is 4.87. The molecule has 20 heavy (non-hydrogen) atoms. The maximum atomic E-state index is 6.06. The second-order valence-electron chi connectivity index (χ2n) is 6.44. The molecule has 1 saturated carbocycles. The summed E-state index contributed by atoms with van der Waals surface area (Å²) in [6.07, 6.45) is 5.48. The number of aryl methyl sites for hydroxylation is 1. The van der Waals surface area contributed by atoms with Gasteiger partial charge in [-0.15, -0.1) is 0 Å². The van der Waals surface area contributed by atoms with E-state index in [-0.39, 0.29) is 0 Å². The van der Waals surface area contributed by atoms with Crippen LogP contribution in [-0.4, -0.2) is 30.6 Å². The van der Waals surface area contributed by atoms with E-state index in [9.17, 15) is 0 Å². The third kappa shape index (κ3) is 3.75. The molecular formula is C17H25ClN2.